The maximum Gasteiger partial charge on any atom is 0.00792 e. The molecule has 0 bridgehead atoms. The lowest BCUT2D eigenvalue weighted by Crippen LogP contribution is -2.28. The van der Waals surface area contributed by atoms with Gasteiger partial charge >= 0.3 is 0 Å². The lowest BCUT2D eigenvalue weighted by molar-refractivity contribution is 0.551. The Kier molecular flexibility index (Phi) is 5.87. The molecular weight excluding hydrogens is 194 g/mol. The van der Waals surface area contributed by atoms with Crippen LogP contribution in [0.4, 0.5) is 0 Å². The standard InChI is InChI=1S/C15H23N/c1-4-5-6-11-16-14(3)12-15-9-7-13(2)8-10-15/h4-5,7-10,14,16H,6,11-12H2,1-3H3/b5-4+. The Morgan fingerprint density at radius 2 is 1.94 bits per heavy atom. The van der Waals surface area contributed by atoms with E-state index in [9.17, 15) is 0 Å². The third kappa shape index (κ3) is 5.13. The molecule has 1 N–H and O–H groups in total. The van der Waals surface area contributed by atoms with Crippen molar-refractivity contribution in [2.24, 2.45) is 0 Å². The zero-order valence-electron chi connectivity index (χ0n) is 10.7. The summed E-state index contributed by atoms with van der Waals surface area (Å²) in [7, 11) is 0. The van der Waals surface area contributed by atoms with Crippen LogP contribution in [0.3, 0.4) is 0 Å². The molecule has 1 unspecified atom stereocenters. The molecule has 1 aromatic carbocycles. The minimum absolute atomic E-state index is 0.549. The molecule has 1 rings (SSSR count). The van der Waals surface area contributed by atoms with Gasteiger partial charge < -0.3 is 5.32 Å². The molecule has 0 saturated carbocycles. The van der Waals surface area contributed by atoms with E-state index in [-0.39, 0.29) is 0 Å². The fourth-order valence-electron chi connectivity index (χ4n) is 1.73. The van der Waals surface area contributed by atoms with Crippen molar-refractivity contribution < 1.29 is 0 Å². The van der Waals surface area contributed by atoms with E-state index < -0.39 is 0 Å². The van der Waals surface area contributed by atoms with E-state index in [4.69, 9.17) is 0 Å². The van der Waals surface area contributed by atoms with Crippen molar-refractivity contribution in [1.29, 1.82) is 0 Å². The van der Waals surface area contributed by atoms with Crippen molar-refractivity contribution in [3.05, 3.63) is 47.5 Å². The Morgan fingerprint density at radius 3 is 2.56 bits per heavy atom. The van der Waals surface area contributed by atoms with Crippen LogP contribution in [-0.2, 0) is 6.42 Å². The van der Waals surface area contributed by atoms with Gasteiger partial charge in [-0.05, 0) is 45.7 Å². The lowest BCUT2D eigenvalue weighted by atomic mass is 10.1. The predicted molar refractivity (Wildman–Crippen MR) is 71.8 cm³/mol. The highest BCUT2D eigenvalue weighted by molar-refractivity contribution is 5.21. The lowest BCUT2D eigenvalue weighted by Gasteiger charge is -2.13. The van der Waals surface area contributed by atoms with Crippen molar-refractivity contribution in [1.82, 2.24) is 5.32 Å². The molecule has 1 atom stereocenters. The van der Waals surface area contributed by atoms with Crippen molar-refractivity contribution in [3.63, 3.8) is 0 Å². The first kappa shape index (κ1) is 13.0. The largest absolute Gasteiger partial charge is 0.314 e. The maximum absolute atomic E-state index is 3.53. The fourth-order valence-corrected chi connectivity index (χ4v) is 1.73. The van der Waals surface area contributed by atoms with Crippen LogP contribution in [0.5, 0.6) is 0 Å². The normalized spacial score (nSPS) is 13.2. The summed E-state index contributed by atoms with van der Waals surface area (Å²) in [6.07, 6.45) is 6.53. The van der Waals surface area contributed by atoms with Gasteiger partial charge in [0.1, 0.15) is 0 Å². The van der Waals surface area contributed by atoms with E-state index in [1.54, 1.807) is 0 Å². The quantitative estimate of drug-likeness (QED) is 0.568. The highest BCUT2D eigenvalue weighted by Crippen LogP contribution is 2.05. The molecule has 0 aromatic heterocycles. The molecule has 0 saturated heterocycles. The number of aryl methyl sites for hydroxylation is 1. The Hall–Kier alpha value is -1.08. The molecule has 0 aliphatic rings. The fraction of sp³-hybridized carbons (Fsp3) is 0.467. The predicted octanol–water partition coefficient (Wildman–Crippen LogP) is 3.48. The molecule has 0 heterocycles. The number of allylic oxidation sites excluding steroid dienone is 1. The highest BCUT2D eigenvalue weighted by Gasteiger charge is 2.01. The molecule has 0 spiro atoms. The van der Waals surface area contributed by atoms with Gasteiger partial charge in [-0.15, -0.1) is 0 Å². The van der Waals surface area contributed by atoms with Gasteiger partial charge in [0.15, 0.2) is 0 Å². The summed E-state index contributed by atoms with van der Waals surface area (Å²) in [6.45, 7) is 7.51. The van der Waals surface area contributed by atoms with Crippen LogP contribution in [0.2, 0.25) is 0 Å². The van der Waals surface area contributed by atoms with Gasteiger partial charge in [0.2, 0.25) is 0 Å². The highest BCUT2D eigenvalue weighted by atomic mass is 14.9. The Bertz CT molecular complexity index is 311. The Balaban J connectivity index is 2.28. The Labute approximate surface area is 99.6 Å². The topological polar surface area (TPSA) is 12.0 Å². The summed E-state index contributed by atoms with van der Waals surface area (Å²) < 4.78 is 0. The zero-order chi connectivity index (χ0) is 11.8. The number of hydrogen-bond acceptors (Lipinski definition) is 1. The number of nitrogens with one attached hydrogen (secondary N) is 1. The Morgan fingerprint density at radius 1 is 1.25 bits per heavy atom. The first-order chi connectivity index (χ1) is 7.72. The van der Waals surface area contributed by atoms with Crippen molar-refractivity contribution >= 4 is 0 Å². The van der Waals surface area contributed by atoms with Crippen LogP contribution in [0, 0.1) is 6.92 Å². The summed E-state index contributed by atoms with van der Waals surface area (Å²) in [4.78, 5) is 0. The first-order valence-electron chi connectivity index (χ1n) is 6.12. The molecule has 0 radical (unpaired) electrons. The van der Waals surface area contributed by atoms with Gasteiger partial charge in [-0.1, -0.05) is 42.0 Å². The van der Waals surface area contributed by atoms with E-state index >= 15 is 0 Å². The second kappa shape index (κ2) is 7.24. The van der Waals surface area contributed by atoms with Crippen LogP contribution >= 0.6 is 0 Å². The summed E-state index contributed by atoms with van der Waals surface area (Å²) in [5, 5.41) is 3.53. The van der Waals surface area contributed by atoms with Gasteiger partial charge in [0.25, 0.3) is 0 Å². The van der Waals surface area contributed by atoms with E-state index in [1.807, 2.05) is 0 Å². The van der Waals surface area contributed by atoms with Crippen LogP contribution in [0.25, 0.3) is 0 Å². The molecule has 0 fully saturated rings. The second-order valence-electron chi connectivity index (χ2n) is 4.40. The van der Waals surface area contributed by atoms with Gasteiger partial charge in [-0.3, -0.25) is 0 Å². The molecule has 1 nitrogen and oxygen atoms in total. The monoisotopic (exact) mass is 217 g/mol. The van der Waals surface area contributed by atoms with Crippen LogP contribution in [-0.4, -0.2) is 12.6 Å². The van der Waals surface area contributed by atoms with E-state index in [0.29, 0.717) is 6.04 Å². The number of benzene rings is 1. The smallest absolute Gasteiger partial charge is 0.00792 e. The third-order valence-electron chi connectivity index (χ3n) is 2.70. The molecule has 16 heavy (non-hydrogen) atoms. The second-order valence-corrected chi connectivity index (χ2v) is 4.40. The summed E-state index contributed by atoms with van der Waals surface area (Å²) in [6, 6.07) is 9.36. The van der Waals surface area contributed by atoms with Gasteiger partial charge in [-0.25, -0.2) is 0 Å². The van der Waals surface area contributed by atoms with Crippen LogP contribution in [0.1, 0.15) is 31.4 Å². The molecule has 0 aliphatic heterocycles. The van der Waals surface area contributed by atoms with Gasteiger partial charge in [0.05, 0.1) is 0 Å². The molecule has 1 heteroatoms. The number of rotatable bonds is 6. The summed E-state index contributed by atoms with van der Waals surface area (Å²) >= 11 is 0. The van der Waals surface area contributed by atoms with E-state index in [0.717, 1.165) is 19.4 Å². The van der Waals surface area contributed by atoms with Crippen LogP contribution in [0.15, 0.2) is 36.4 Å². The minimum atomic E-state index is 0.549. The maximum atomic E-state index is 3.53. The molecular formula is C15H23N. The molecule has 0 amide bonds. The average Bonchev–Trinajstić information content (AvgIpc) is 2.28. The SMILES string of the molecule is C/C=C/CCNC(C)Cc1ccc(C)cc1. The minimum Gasteiger partial charge on any atom is -0.314 e. The summed E-state index contributed by atoms with van der Waals surface area (Å²) in [5.74, 6) is 0. The van der Waals surface area contributed by atoms with Crippen molar-refractivity contribution in [3.8, 4) is 0 Å². The van der Waals surface area contributed by atoms with Crippen molar-refractivity contribution in [2.75, 3.05) is 6.54 Å². The van der Waals surface area contributed by atoms with Crippen molar-refractivity contribution in [2.45, 2.75) is 39.7 Å². The summed E-state index contributed by atoms with van der Waals surface area (Å²) in [5.41, 5.74) is 2.74. The van der Waals surface area contributed by atoms with E-state index in [2.05, 4.69) is 62.5 Å². The van der Waals surface area contributed by atoms with Crippen LogP contribution < -0.4 is 5.32 Å². The molecule has 0 aliphatic carbocycles. The molecule has 88 valence electrons. The first-order valence-corrected chi connectivity index (χ1v) is 6.12. The number of hydrogen-bond donors (Lipinski definition) is 1. The van der Waals surface area contributed by atoms with Gasteiger partial charge in [0, 0.05) is 6.04 Å². The van der Waals surface area contributed by atoms with E-state index in [1.165, 1.54) is 11.1 Å². The molecule has 1 aromatic rings. The third-order valence-corrected chi connectivity index (χ3v) is 2.70. The average molecular weight is 217 g/mol. The zero-order valence-corrected chi connectivity index (χ0v) is 10.7. The van der Waals surface area contributed by atoms with Gasteiger partial charge in [-0.2, -0.15) is 0 Å².